The van der Waals surface area contributed by atoms with Crippen molar-refractivity contribution in [1.82, 2.24) is 24.7 Å². The number of hydrogen-bond acceptors (Lipinski definition) is 6. The van der Waals surface area contributed by atoms with Crippen molar-refractivity contribution in [3.8, 4) is 0 Å². The van der Waals surface area contributed by atoms with Crippen LogP contribution in [0.25, 0.3) is 0 Å². The van der Waals surface area contributed by atoms with E-state index in [-0.39, 0.29) is 23.3 Å². The predicted octanol–water partition coefficient (Wildman–Crippen LogP) is 0.650. The molecular weight excluding hydrogens is 294 g/mol. The number of nitrogens with zero attached hydrogens (tertiary/aromatic N) is 3. The quantitative estimate of drug-likeness (QED) is 0.778. The number of hydrogen-bond donors (Lipinski definition) is 2. The Kier molecular flexibility index (Phi) is 4.76. The maximum atomic E-state index is 12.3. The summed E-state index contributed by atoms with van der Waals surface area (Å²) in [4.78, 5) is 4.00. The molecule has 2 heterocycles. The topological polar surface area (TPSA) is 102 Å². The molecule has 8 nitrogen and oxygen atoms in total. The Morgan fingerprint density at radius 1 is 1.38 bits per heavy atom. The van der Waals surface area contributed by atoms with Crippen LogP contribution in [-0.2, 0) is 23.1 Å². The minimum atomic E-state index is -3.61. The molecule has 21 heavy (non-hydrogen) atoms. The van der Waals surface area contributed by atoms with E-state index < -0.39 is 10.0 Å². The van der Waals surface area contributed by atoms with E-state index in [1.54, 1.807) is 12.3 Å². The van der Waals surface area contributed by atoms with Gasteiger partial charge in [-0.15, -0.1) is 0 Å². The van der Waals surface area contributed by atoms with Crippen molar-refractivity contribution in [3.05, 3.63) is 30.2 Å². The van der Waals surface area contributed by atoms with Crippen LogP contribution < -0.4 is 10.0 Å². The van der Waals surface area contributed by atoms with E-state index in [1.165, 1.54) is 0 Å². The molecule has 0 aliphatic rings. The van der Waals surface area contributed by atoms with Crippen LogP contribution in [0.1, 0.15) is 31.4 Å². The van der Waals surface area contributed by atoms with Crippen molar-refractivity contribution in [1.29, 1.82) is 0 Å². The summed E-state index contributed by atoms with van der Waals surface area (Å²) < 4.78 is 33.5. The molecule has 2 aromatic heterocycles. The van der Waals surface area contributed by atoms with Crippen molar-refractivity contribution >= 4 is 10.0 Å². The largest absolute Gasteiger partial charge is 0.346 e. The van der Waals surface area contributed by atoms with Crippen LogP contribution in [0.4, 0.5) is 0 Å². The normalized spacial score (nSPS) is 12.2. The lowest BCUT2D eigenvalue weighted by Crippen LogP contribution is -2.23. The van der Waals surface area contributed by atoms with Gasteiger partial charge in [0.1, 0.15) is 0 Å². The highest BCUT2D eigenvalue weighted by atomic mass is 32.2. The Morgan fingerprint density at radius 2 is 2.14 bits per heavy atom. The van der Waals surface area contributed by atoms with Gasteiger partial charge < -0.3 is 14.4 Å². The van der Waals surface area contributed by atoms with Crippen LogP contribution in [0.3, 0.4) is 0 Å². The van der Waals surface area contributed by atoms with Crippen molar-refractivity contribution in [2.75, 3.05) is 7.05 Å². The lowest BCUT2D eigenvalue weighted by Gasteiger charge is -2.11. The highest BCUT2D eigenvalue weighted by molar-refractivity contribution is 7.89. The minimum absolute atomic E-state index is 0.00689. The van der Waals surface area contributed by atoms with Gasteiger partial charge >= 0.3 is 0 Å². The fourth-order valence-electron chi connectivity index (χ4n) is 1.96. The number of aromatic nitrogens is 3. The van der Waals surface area contributed by atoms with Gasteiger partial charge in [0.05, 0.1) is 11.4 Å². The fraction of sp³-hybridized carbons (Fsp3) is 0.500. The SMILES string of the molecule is CNCc1cc(S(=O)(=O)NCc2ncon2)cn1C(C)C. The highest BCUT2D eigenvalue weighted by Crippen LogP contribution is 2.19. The van der Waals surface area contributed by atoms with E-state index in [0.29, 0.717) is 6.54 Å². The van der Waals surface area contributed by atoms with Gasteiger partial charge in [0.25, 0.3) is 0 Å². The van der Waals surface area contributed by atoms with Gasteiger partial charge in [-0.1, -0.05) is 5.16 Å². The van der Waals surface area contributed by atoms with Gasteiger partial charge in [0, 0.05) is 24.5 Å². The van der Waals surface area contributed by atoms with E-state index in [4.69, 9.17) is 0 Å². The number of sulfonamides is 1. The monoisotopic (exact) mass is 313 g/mol. The van der Waals surface area contributed by atoms with Crippen LogP contribution in [0.5, 0.6) is 0 Å². The Morgan fingerprint density at radius 3 is 2.71 bits per heavy atom. The standard InChI is InChI=1S/C12H19N5O3S/c1-9(2)17-7-11(4-10(17)5-13-3)21(18,19)15-6-12-14-8-20-16-12/h4,7-9,13,15H,5-6H2,1-3H3. The fourth-order valence-corrected chi connectivity index (χ4v) is 2.99. The smallest absolute Gasteiger partial charge is 0.242 e. The molecule has 2 rings (SSSR count). The zero-order valence-electron chi connectivity index (χ0n) is 12.2. The van der Waals surface area contributed by atoms with Gasteiger partial charge in [-0.3, -0.25) is 0 Å². The summed E-state index contributed by atoms with van der Waals surface area (Å²) in [5.41, 5.74) is 0.910. The van der Waals surface area contributed by atoms with E-state index in [2.05, 4.69) is 24.7 Å². The van der Waals surface area contributed by atoms with Crippen LogP contribution in [0.2, 0.25) is 0 Å². The maximum absolute atomic E-state index is 12.3. The summed E-state index contributed by atoms with van der Waals surface area (Å²) in [7, 11) is -1.79. The van der Waals surface area contributed by atoms with Gasteiger partial charge in [-0.05, 0) is 27.0 Å². The average molecular weight is 313 g/mol. The highest BCUT2D eigenvalue weighted by Gasteiger charge is 2.19. The Balaban J connectivity index is 2.21. The van der Waals surface area contributed by atoms with Crippen LogP contribution >= 0.6 is 0 Å². The summed E-state index contributed by atoms with van der Waals surface area (Å²) >= 11 is 0. The molecule has 0 atom stereocenters. The summed E-state index contributed by atoms with van der Waals surface area (Å²) in [6.07, 6.45) is 2.79. The molecule has 2 aromatic rings. The molecule has 0 aliphatic heterocycles. The third-order valence-electron chi connectivity index (χ3n) is 2.96. The van der Waals surface area contributed by atoms with E-state index in [0.717, 1.165) is 12.1 Å². The summed E-state index contributed by atoms with van der Waals surface area (Å²) in [5, 5.41) is 6.60. The molecule has 0 saturated heterocycles. The predicted molar refractivity (Wildman–Crippen MR) is 75.9 cm³/mol. The van der Waals surface area contributed by atoms with Crippen molar-refractivity contribution < 1.29 is 12.9 Å². The second kappa shape index (κ2) is 6.37. The second-order valence-electron chi connectivity index (χ2n) is 4.87. The van der Waals surface area contributed by atoms with Crippen molar-refractivity contribution in [3.63, 3.8) is 0 Å². The summed E-state index contributed by atoms with van der Waals surface area (Å²) in [6, 6.07) is 1.84. The molecule has 0 fully saturated rings. The molecule has 0 unspecified atom stereocenters. The van der Waals surface area contributed by atoms with Gasteiger partial charge in [0.2, 0.25) is 16.4 Å². The molecule has 0 amide bonds. The maximum Gasteiger partial charge on any atom is 0.242 e. The lowest BCUT2D eigenvalue weighted by atomic mass is 10.3. The first-order valence-electron chi connectivity index (χ1n) is 6.54. The van der Waals surface area contributed by atoms with Gasteiger partial charge in [-0.25, -0.2) is 13.1 Å². The molecule has 0 aromatic carbocycles. The number of nitrogens with one attached hydrogen (secondary N) is 2. The van der Waals surface area contributed by atoms with Crippen LogP contribution in [-0.4, -0.2) is 30.2 Å². The first-order chi connectivity index (χ1) is 9.94. The Labute approximate surface area is 123 Å². The van der Waals surface area contributed by atoms with Crippen molar-refractivity contribution in [2.24, 2.45) is 0 Å². The molecule has 9 heteroatoms. The van der Waals surface area contributed by atoms with E-state index >= 15 is 0 Å². The van der Waals surface area contributed by atoms with E-state index in [1.807, 2.05) is 25.5 Å². The number of rotatable bonds is 7. The second-order valence-corrected chi connectivity index (χ2v) is 6.64. The molecule has 0 spiro atoms. The zero-order valence-corrected chi connectivity index (χ0v) is 13.0. The summed E-state index contributed by atoms with van der Waals surface area (Å²) in [6.45, 7) is 4.59. The van der Waals surface area contributed by atoms with E-state index in [9.17, 15) is 8.42 Å². The molecule has 2 N–H and O–H groups in total. The first kappa shape index (κ1) is 15.7. The van der Waals surface area contributed by atoms with Gasteiger partial charge in [-0.2, -0.15) is 4.98 Å². The Bertz CT molecular complexity index is 676. The first-order valence-corrected chi connectivity index (χ1v) is 8.02. The zero-order chi connectivity index (χ0) is 15.5. The Hall–Kier alpha value is -1.71. The van der Waals surface area contributed by atoms with Crippen LogP contribution in [0, 0.1) is 0 Å². The molecule has 0 saturated carbocycles. The lowest BCUT2D eigenvalue weighted by molar-refractivity contribution is 0.409. The van der Waals surface area contributed by atoms with Crippen molar-refractivity contribution in [2.45, 2.75) is 37.9 Å². The molecule has 0 aliphatic carbocycles. The third kappa shape index (κ3) is 3.69. The molecule has 0 bridgehead atoms. The minimum Gasteiger partial charge on any atom is -0.346 e. The summed E-state index contributed by atoms with van der Waals surface area (Å²) in [5.74, 6) is 0.289. The third-order valence-corrected chi connectivity index (χ3v) is 4.33. The average Bonchev–Trinajstić information content (AvgIpc) is 3.06. The molecule has 0 radical (unpaired) electrons. The van der Waals surface area contributed by atoms with Gasteiger partial charge in [0.15, 0.2) is 5.82 Å². The molecule has 116 valence electrons. The van der Waals surface area contributed by atoms with Crippen LogP contribution in [0.15, 0.2) is 28.1 Å². The molecular formula is C12H19N5O3S.